The summed E-state index contributed by atoms with van der Waals surface area (Å²) >= 11 is 0. The summed E-state index contributed by atoms with van der Waals surface area (Å²) in [5.74, 6) is -0.301. The van der Waals surface area contributed by atoms with Crippen molar-refractivity contribution < 1.29 is 17.9 Å². The highest BCUT2D eigenvalue weighted by molar-refractivity contribution is 8.13. The predicted molar refractivity (Wildman–Crippen MR) is 75.3 cm³/mol. The Morgan fingerprint density at radius 1 is 1.40 bits per heavy atom. The number of methoxy groups -OCH3 is 1. The van der Waals surface area contributed by atoms with Crippen LogP contribution in [0.3, 0.4) is 0 Å². The van der Waals surface area contributed by atoms with Gasteiger partial charge in [0.25, 0.3) is 15.0 Å². The molecular formula is C13H16ClNO4S. The van der Waals surface area contributed by atoms with E-state index in [1.807, 2.05) is 6.92 Å². The first-order chi connectivity index (χ1) is 9.23. The van der Waals surface area contributed by atoms with Gasteiger partial charge in [-0.1, -0.05) is 0 Å². The minimum absolute atomic E-state index is 0.0974. The second-order valence-electron chi connectivity index (χ2n) is 5.25. The molecule has 0 heterocycles. The van der Waals surface area contributed by atoms with E-state index in [0.717, 1.165) is 12.8 Å². The third-order valence-electron chi connectivity index (χ3n) is 3.24. The maximum atomic E-state index is 12.1. The van der Waals surface area contributed by atoms with E-state index in [-0.39, 0.29) is 28.5 Å². The molecular weight excluding hydrogens is 302 g/mol. The highest BCUT2D eigenvalue weighted by Gasteiger charge is 2.38. The summed E-state index contributed by atoms with van der Waals surface area (Å²) in [5, 5.41) is 2.88. The molecule has 1 aliphatic rings. The monoisotopic (exact) mass is 317 g/mol. The maximum Gasteiger partial charge on any atom is 0.261 e. The molecule has 0 unspecified atom stereocenters. The standard InChI is InChI=1S/C13H16ClNO4S/c1-13(3-4-13)15-12(16)10-5-9(8-19-2)6-11(7-10)20(14,17)18/h5-7H,3-4,8H2,1-2H3,(H,15,16). The topological polar surface area (TPSA) is 72.5 Å². The van der Waals surface area contributed by atoms with E-state index in [1.54, 1.807) is 6.07 Å². The van der Waals surface area contributed by atoms with E-state index in [1.165, 1.54) is 19.2 Å². The Balaban J connectivity index is 2.35. The minimum Gasteiger partial charge on any atom is -0.380 e. The van der Waals surface area contributed by atoms with E-state index < -0.39 is 9.05 Å². The average molecular weight is 318 g/mol. The molecule has 1 aromatic rings. The Morgan fingerprint density at radius 3 is 2.55 bits per heavy atom. The zero-order chi connectivity index (χ0) is 15.0. The van der Waals surface area contributed by atoms with E-state index in [4.69, 9.17) is 15.4 Å². The predicted octanol–water partition coefficient (Wildman–Crippen LogP) is 2.04. The van der Waals surface area contributed by atoms with Crippen LogP contribution in [0.2, 0.25) is 0 Å². The molecule has 1 saturated carbocycles. The quantitative estimate of drug-likeness (QED) is 0.844. The third kappa shape index (κ3) is 3.71. The lowest BCUT2D eigenvalue weighted by Gasteiger charge is -2.13. The van der Waals surface area contributed by atoms with Gasteiger partial charge in [0.1, 0.15) is 0 Å². The van der Waals surface area contributed by atoms with Crippen LogP contribution in [0.25, 0.3) is 0 Å². The van der Waals surface area contributed by atoms with E-state index in [9.17, 15) is 13.2 Å². The van der Waals surface area contributed by atoms with Crippen LogP contribution in [-0.4, -0.2) is 27.0 Å². The van der Waals surface area contributed by atoms with Crippen molar-refractivity contribution in [1.29, 1.82) is 0 Å². The molecule has 7 heteroatoms. The lowest BCUT2D eigenvalue weighted by Crippen LogP contribution is -2.34. The zero-order valence-electron chi connectivity index (χ0n) is 11.3. The van der Waals surface area contributed by atoms with Crippen molar-refractivity contribution in [2.45, 2.75) is 36.8 Å². The van der Waals surface area contributed by atoms with Crippen molar-refractivity contribution in [1.82, 2.24) is 5.32 Å². The number of hydrogen-bond acceptors (Lipinski definition) is 4. The molecule has 1 amide bonds. The maximum absolute atomic E-state index is 12.1. The number of amides is 1. The molecule has 1 aliphatic carbocycles. The highest BCUT2D eigenvalue weighted by Crippen LogP contribution is 2.34. The van der Waals surface area contributed by atoms with Gasteiger partial charge in [-0.2, -0.15) is 0 Å². The Hall–Kier alpha value is -1.11. The molecule has 0 aliphatic heterocycles. The number of rotatable bonds is 5. The smallest absolute Gasteiger partial charge is 0.261 e. The summed E-state index contributed by atoms with van der Waals surface area (Å²) in [7, 11) is 2.95. The first-order valence-electron chi connectivity index (χ1n) is 6.14. The number of ether oxygens (including phenoxy) is 1. The van der Waals surface area contributed by atoms with Gasteiger partial charge in [-0.05, 0) is 43.5 Å². The molecule has 20 heavy (non-hydrogen) atoms. The van der Waals surface area contributed by atoms with Gasteiger partial charge in [0.15, 0.2) is 0 Å². The highest BCUT2D eigenvalue weighted by atomic mass is 35.7. The Morgan fingerprint density at radius 2 is 2.05 bits per heavy atom. The van der Waals surface area contributed by atoms with Gasteiger partial charge in [-0.3, -0.25) is 4.79 Å². The fraction of sp³-hybridized carbons (Fsp3) is 0.462. The van der Waals surface area contributed by atoms with Gasteiger partial charge >= 0.3 is 0 Å². The molecule has 1 aromatic carbocycles. The fourth-order valence-electron chi connectivity index (χ4n) is 1.84. The molecule has 1 fully saturated rings. The molecule has 0 bridgehead atoms. The number of hydrogen-bond donors (Lipinski definition) is 1. The molecule has 0 aromatic heterocycles. The molecule has 5 nitrogen and oxygen atoms in total. The lowest BCUT2D eigenvalue weighted by molar-refractivity contribution is 0.0935. The van der Waals surface area contributed by atoms with Crippen molar-refractivity contribution in [2.24, 2.45) is 0 Å². The van der Waals surface area contributed by atoms with Crippen LogP contribution in [0.1, 0.15) is 35.7 Å². The third-order valence-corrected chi connectivity index (χ3v) is 4.57. The Bertz CT molecular complexity index is 638. The molecule has 1 N–H and O–H groups in total. The second kappa shape index (κ2) is 5.35. The van der Waals surface area contributed by atoms with Crippen molar-refractivity contribution in [3.8, 4) is 0 Å². The number of carbonyl (C=O) groups is 1. The zero-order valence-corrected chi connectivity index (χ0v) is 12.8. The van der Waals surface area contributed by atoms with E-state index in [2.05, 4.69) is 5.32 Å². The molecule has 0 atom stereocenters. The van der Waals surface area contributed by atoms with Crippen LogP contribution >= 0.6 is 10.7 Å². The summed E-state index contributed by atoms with van der Waals surface area (Å²) in [6.07, 6.45) is 1.86. The Labute approximate surface area is 122 Å². The van der Waals surface area contributed by atoms with Gasteiger partial charge in [0, 0.05) is 28.9 Å². The summed E-state index contributed by atoms with van der Waals surface area (Å²) in [5.41, 5.74) is 0.682. The SMILES string of the molecule is COCc1cc(C(=O)NC2(C)CC2)cc(S(=O)(=O)Cl)c1. The molecule has 110 valence electrons. The largest absolute Gasteiger partial charge is 0.380 e. The van der Waals surface area contributed by atoms with Crippen LogP contribution in [-0.2, 0) is 20.4 Å². The van der Waals surface area contributed by atoms with Gasteiger partial charge < -0.3 is 10.1 Å². The average Bonchev–Trinajstić information content (AvgIpc) is 3.05. The molecule has 0 spiro atoms. The Kier molecular flexibility index (Phi) is 4.09. The van der Waals surface area contributed by atoms with Gasteiger partial charge in [-0.15, -0.1) is 0 Å². The summed E-state index contributed by atoms with van der Waals surface area (Å²) in [4.78, 5) is 12.0. The van der Waals surface area contributed by atoms with Crippen molar-refractivity contribution >= 4 is 25.6 Å². The fourth-order valence-corrected chi connectivity index (χ4v) is 2.67. The van der Waals surface area contributed by atoms with Crippen LogP contribution in [0, 0.1) is 0 Å². The minimum atomic E-state index is -3.89. The van der Waals surface area contributed by atoms with E-state index >= 15 is 0 Å². The van der Waals surface area contributed by atoms with Crippen molar-refractivity contribution in [3.63, 3.8) is 0 Å². The number of nitrogens with one attached hydrogen (secondary N) is 1. The normalized spacial score (nSPS) is 16.8. The van der Waals surface area contributed by atoms with E-state index in [0.29, 0.717) is 5.56 Å². The number of halogens is 1. The van der Waals surface area contributed by atoms with Gasteiger partial charge in [0.2, 0.25) is 0 Å². The van der Waals surface area contributed by atoms with Crippen LogP contribution < -0.4 is 5.32 Å². The first kappa shape index (κ1) is 15.3. The number of carbonyl (C=O) groups excluding carboxylic acids is 1. The van der Waals surface area contributed by atoms with Gasteiger partial charge in [-0.25, -0.2) is 8.42 Å². The van der Waals surface area contributed by atoms with Crippen molar-refractivity contribution in [3.05, 3.63) is 29.3 Å². The van der Waals surface area contributed by atoms with Crippen LogP contribution in [0.15, 0.2) is 23.1 Å². The summed E-state index contributed by atoms with van der Waals surface area (Å²) in [6.45, 7) is 2.15. The molecule has 0 saturated heterocycles. The van der Waals surface area contributed by atoms with Crippen LogP contribution in [0.4, 0.5) is 0 Å². The molecule has 2 rings (SSSR count). The second-order valence-corrected chi connectivity index (χ2v) is 7.82. The summed E-state index contributed by atoms with van der Waals surface area (Å²) < 4.78 is 27.9. The van der Waals surface area contributed by atoms with Crippen molar-refractivity contribution in [2.75, 3.05) is 7.11 Å². The molecule has 0 radical (unpaired) electrons. The lowest BCUT2D eigenvalue weighted by atomic mass is 10.1. The van der Waals surface area contributed by atoms with Gasteiger partial charge in [0.05, 0.1) is 11.5 Å². The van der Waals surface area contributed by atoms with Crippen LogP contribution in [0.5, 0.6) is 0 Å². The first-order valence-corrected chi connectivity index (χ1v) is 8.44. The number of benzene rings is 1. The summed E-state index contributed by atoms with van der Waals surface area (Å²) in [6, 6.07) is 4.29.